The largest absolute Gasteiger partial charge is 0.449 e. The lowest BCUT2D eigenvalue weighted by molar-refractivity contribution is -0.137. The molecule has 3 unspecified atom stereocenters. The van der Waals surface area contributed by atoms with E-state index in [0.29, 0.717) is 55.6 Å². The number of carbonyl (C=O) groups excluding carboxylic acids is 2. The van der Waals surface area contributed by atoms with Gasteiger partial charge in [0.2, 0.25) is 0 Å². The highest BCUT2D eigenvalue weighted by molar-refractivity contribution is 5.83. The van der Waals surface area contributed by atoms with E-state index >= 15 is 0 Å². The van der Waals surface area contributed by atoms with Crippen LogP contribution in [0.1, 0.15) is 38.2 Å². The summed E-state index contributed by atoms with van der Waals surface area (Å²) in [4.78, 5) is 42.2. The quantitative estimate of drug-likeness (QED) is 0.352. The molecule has 14 nitrogen and oxygen atoms in total. The fraction of sp³-hybridized carbons (Fsp3) is 0.720. The SMILES string of the molecule is CCNC(=O)[C@H]1O[C@@H](n2cnc3c(N)nc(CC4CCN(C(=O)OCC5CCN(C)C5)CC4)nc32)C(O)C1O. The Balaban J connectivity index is 1.21. The van der Waals surface area contributed by atoms with Crippen molar-refractivity contribution in [2.45, 2.75) is 57.1 Å². The molecule has 0 spiro atoms. The topological polar surface area (TPSA) is 181 Å². The molecule has 3 aliphatic rings. The second-order valence-corrected chi connectivity index (χ2v) is 10.8. The lowest BCUT2D eigenvalue weighted by Crippen LogP contribution is -2.42. The van der Waals surface area contributed by atoms with Crippen LogP contribution in [0.5, 0.6) is 0 Å². The van der Waals surface area contributed by atoms with Crippen LogP contribution in [0.4, 0.5) is 10.6 Å². The number of nitrogens with zero attached hydrogens (tertiary/aromatic N) is 6. The summed E-state index contributed by atoms with van der Waals surface area (Å²) in [5.41, 5.74) is 6.89. The highest BCUT2D eigenvalue weighted by Gasteiger charge is 2.47. The molecule has 14 heteroatoms. The molecule has 3 saturated heterocycles. The van der Waals surface area contributed by atoms with Crippen molar-refractivity contribution in [2.75, 3.05) is 52.1 Å². The minimum Gasteiger partial charge on any atom is -0.449 e. The molecule has 5 atom stereocenters. The van der Waals surface area contributed by atoms with E-state index in [1.165, 1.54) is 10.9 Å². The predicted octanol–water partition coefficient (Wildman–Crippen LogP) is -0.493. The monoisotopic (exact) mass is 546 g/mol. The molecule has 0 saturated carbocycles. The van der Waals surface area contributed by atoms with Gasteiger partial charge in [0, 0.05) is 38.5 Å². The van der Waals surface area contributed by atoms with Gasteiger partial charge in [0.15, 0.2) is 23.8 Å². The fourth-order valence-electron chi connectivity index (χ4n) is 5.66. The Kier molecular flexibility index (Phi) is 8.16. The Morgan fingerprint density at radius 1 is 1.15 bits per heavy atom. The number of anilines is 1. The van der Waals surface area contributed by atoms with Crippen molar-refractivity contribution in [3.63, 3.8) is 0 Å². The molecule has 5 rings (SSSR count). The summed E-state index contributed by atoms with van der Waals surface area (Å²) in [6.07, 6.45) is -0.733. The van der Waals surface area contributed by atoms with Crippen LogP contribution in [-0.2, 0) is 20.7 Å². The number of aromatic nitrogens is 4. The second kappa shape index (κ2) is 11.6. The molecule has 214 valence electrons. The maximum absolute atomic E-state index is 12.5. The maximum atomic E-state index is 12.5. The molecular weight excluding hydrogens is 508 g/mol. The van der Waals surface area contributed by atoms with E-state index in [4.69, 9.17) is 15.2 Å². The fourth-order valence-corrected chi connectivity index (χ4v) is 5.66. The summed E-state index contributed by atoms with van der Waals surface area (Å²) in [7, 11) is 2.08. The van der Waals surface area contributed by atoms with Gasteiger partial charge in [-0.3, -0.25) is 9.36 Å². The minimum absolute atomic E-state index is 0.195. The van der Waals surface area contributed by atoms with E-state index in [2.05, 4.69) is 32.2 Å². The molecule has 0 radical (unpaired) electrons. The Bertz CT molecular complexity index is 1180. The van der Waals surface area contributed by atoms with Crippen molar-refractivity contribution in [3.8, 4) is 0 Å². The first kappa shape index (κ1) is 27.5. The van der Waals surface area contributed by atoms with Gasteiger partial charge < -0.3 is 40.5 Å². The van der Waals surface area contributed by atoms with Crippen LogP contribution >= 0.6 is 0 Å². The Hall–Kier alpha value is -3.07. The number of hydrogen-bond donors (Lipinski definition) is 4. The number of carbonyl (C=O) groups is 2. The van der Waals surface area contributed by atoms with Crippen molar-refractivity contribution in [1.29, 1.82) is 0 Å². The van der Waals surface area contributed by atoms with Gasteiger partial charge >= 0.3 is 6.09 Å². The van der Waals surface area contributed by atoms with E-state index < -0.39 is 30.4 Å². The van der Waals surface area contributed by atoms with Crippen molar-refractivity contribution >= 4 is 29.0 Å². The normalized spacial score (nSPS) is 28.3. The van der Waals surface area contributed by atoms with Gasteiger partial charge in [-0.15, -0.1) is 0 Å². The molecule has 5 N–H and O–H groups in total. The molecule has 0 bridgehead atoms. The van der Waals surface area contributed by atoms with Gasteiger partial charge in [0.1, 0.15) is 23.5 Å². The predicted molar refractivity (Wildman–Crippen MR) is 139 cm³/mol. The lowest BCUT2D eigenvalue weighted by atomic mass is 9.93. The molecule has 5 heterocycles. The lowest BCUT2D eigenvalue weighted by Gasteiger charge is -2.31. The first-order valence-corrected chi connectivity index (χ1v) is 13.6. The van der Waals surface area contributed by atoms with Crippen LogP contribution in [0.2, 0.25) is 0 Å². The van der Waals surface area contributed by atoms with Gasteiger partial charge in [-0.25, -0.2) is 19.7 Å². The van der Waals surface area contributed by atoms with E-state index in [9.17, 15) is 19.8 Å². The zero-order valence-electron chi connectivity index (χ0n) is 22.4. The number of likely N-dealkylation sites (N-methyl/N-ethyl adjacent to an activating group) is 1. The number of nitrogens with one attached hydrogen (secondary N) is 1. The number of amides is 2. The third-order valence-corrected chi connectivity index (χ3v) is 7.89. The molecule has 39 heavy (non-hydrogen) atoms. The van der Waals surface area contributed by atoms with Gasteiger partial charge in [-0.2, -0.15) is 0 Å². The Morgan fingerprint density at radius 3 is 2.59 bits per heavy atom. The number of fused-ring (bicyclic) bond motifs is 1. The number of aliphatic hydroxyl groups is 2. The van der Waals surface area contributed by atoms with Crippen molar-refractivity contribution in [2.24, 2.45) is 11.8 Å². The summed E-state index contributed by atoms with van der Waals surface area (Å²) in [5.74, 6) is 0.859. The van der Waals surface area contributed by atoms with Crippen LogP contribution in [0, 0.1) is 11.8 Å². The van der Waals surface area contributed by atoms with Gasteiger partial charge in [0.25, 0.3) is 5.91 Å². The van der Waals surface area contributed by atoms with Crippen LogP contribution in [0.15, 0.2) is 6.33 Å². The number of imidazole rings is 1. The highest BCUT2D eigenvalue weighted by atomic mass is 16.6. The highest BCUT2D eigenvalue weighted by Crippen LogP contribution is 2.33. The zero-order valence-corrected chi connectivity index (χ0v) is 22.4. The molecule has 3 aliphatic heterocycles. The standard InChI is InChI=1S/C25H38N8O6/c1-3-27-23(36)20-18(34)19(35)24(39-20)33-13-28-17-21(26)29-16(30-22(17)33)10-14-5-8-32(9-6-14)25(37)38-12-15-4-7-31(2)11-15/h13-15,18-20,24,34-35H,3-12H2,1-2H3,(H,27,36)(H2,26,29,30)/t15?,18?,19?,20-,24+/m0/s1. The summed E-state index contributed by atoms with van der Waals surface area (Å²) in [6.45, 7) is 5.79. The number of rotatable bonds is 7. The van der Waals surface area contributed by atoms with E-state index in [1.807, 2.05) is 0 Å². The Labute approximate surface area is 226 Å². The number of likely N-dealkylation sites (tertiary alicyclic amines) is 2. The number of piperidine rings is 1. The van der Waals surface area contributed by atoms with E-state index in [-0.39, 0.29) is 17.8 Å². The van der Waals surface area contributed by atoms with Gasteiger partial charge in [-0.05, 0) is 45.7 Å². The molecular formula is C25H38N8O6. The Morgan fingerprint density at radius 2 is 1.90 bits per heavy atom. The molecule has 2 aromatic rings. The maximum Gasteiger partial charge on any atom is 0.409 e. The van der Waals surface area contributed by atoms with Crippen molar-refractivity contribution in [1.82, 2.24) is 34.6 Å². The first-order valence-electron chi connectivity index (χ1n) is 13.6. The van der Waals surface area contributed by atoms with Crippen LogP contribution in [0.3, 0.4) is 0 Å². The molecule has 0 aliphatic carbocycles. The van der Waals surface area contributed by atoms with Crippen LogP contribution < -0.4 is 11.1 Å². The smallest absolute Gasteiger partial charge is 0.409 e. The van der Waals surface area contributed by atoms with Crippen LogP contribution in [0.25, 0.3) is 11.2 Å². The zero-order chi connectivity index (χ0) is 27.7. The third kappa shape index (κ3) is 5.78. The van der Waals surface area contributed by atoms with Gasteiger partial charge in [-0.1, -0.05) is 0 Å². The summed E-state index contributed by atoms with van der Waals surface area (Å²) >= 11 is 0. The third-order valence-electron chi connectivity index (χ3n) is 7.89. The molecule has 2 aromatic heterocycles. The molecule has 2 amide bonds. The molecule has 0 aromatic carbocycles. The number of hydrogen-bond acceptors (Lipinski definition) is 11. The van der Waals surface area contributed by atoms with Crippen LogP contribution in [-0.4, -0.2) is 116 Å². The van der Waals surface area contributed by atoms with Gasteiger partial charge in [0.05, 0.1) is 12.9 Å². The average Bonchev–Trinajstić information content (AvgIpc) is 3.61. The first-order chi connectivity index (χ1) is 18.7. The second-order valence-electron chi connectivity index (χ2n) is 10.8. The summed E-state index contributed by atoms with van der Waals surface area (Å²) in [6, 6.07) is 0. The molecule has 3 fully saturated rings. The number of nitrogen functional groups attached to an aromatic ring is 1. The van der Waals surface area contributed by atoms with E-state index in [1.54, 1.807) is 11.8 Å². The summed E-state index contributed by atoms with van der Waals surface area (Å²) in [5, 5.41) is 23.6. The number of aliphatic hydroxyl groups excluding tert-OH is 2. The summed E-state index contributed by atoms with van der Waals surface area (Å²) < 4.78 is 12.8. The van der Waals surface area contributed by atoms with E-state index in [0.717, 1.165) is 32.4 Å². The number of ether oxygens (including phenoxy) is 2. The van der Waals surface area contributed by atoms with Crippen molar-refractivity contribution < 1.29 is 29.3 Å². The van der Waals surface area contributed by atoms with Crippen molar-refractivity contribution in [3.05, 3.63) is 12.2 Å². The minimum atomic E-state index is -1.41. The average molecular weight is 547 g/mol. The number of nitrogens with two attached hydrogens (primary N) is 1.